The Kier molecular flexibility index (Phi) is 11.2. The van der Waals surface area contributed by atoms with E-state index in [9.17, 15) is 22.8 Å². The van der Waals surface area contributed by atoms with Crippen molar-refractivity contribution in [3.05, 3.63) is 59.1 Å². The molecule has 0 saturated carbocycles. The van der Waals surface area contributed by atoms with Gasteiger partial charge in [0.2, 0.25) is 0 Å². The van der Waals surface area contributed by atoms with E-state index in [2.05, 4.69) is 15.3 Å². The Labute approximate surface area is 197 Å². The Hall–Kier alpha value is -3.43. The molecule has 0 bridgehead atoms. The Morgan fingerprint density at radius 2 is 1.68 bits per heavy atom. The number of amidine groups is 1. The molecule has 0 saturated heterocycles. The zero-order valence-corrected chi connectivity index (χ0v) is 20.0. The monoisotopic (exact) mass is 480 g/mol. The Balaban J connectivity index is 3.00. The minimum Gasteiger partial charge on any atom is -0.481 e. The number of carboxylic acids is 1. The zero-order chi connectivity index (χ0) is 25.9. The number of carbonyl (C=O) groups excluding carboxylic acids is 1. The number of nitrogens with one attached hydrogen (secondary N) is 1. The number of amides is 1. The molecular formula is C24H31F3N4O3. The third kappa shape index (κ3) is 10.0. The Morgan fingerprint density at radius 1 is 1.09 bits per heavy atom. The number of halogens is 3. The lowest BCUT2D eigenvalue weighted by Crippen LogP contribution is -2.25. The summed E-state index contributed by atoms with van der Waals surface area (Å²) in [6, 6.07) is 6.81. The molecule has 10 heteroatoms. The maximum absolute atomic E-state index is 12.7. The lowest BCUT2D eigenvalue weighted by Gasteiger charge is -2.16. The number of alkyl halides is 3. The summed E-state index contributed by atoms with van der Waals surface area (Å²) in [5.74, 6) is -0.978. The topological polar surface area (TPSA) is 94.4 Å². The fraction of sp³-hybridized carbons (Fsp3) is 0.417. The number of nitrogens with zero attached hydrogens (tertiary/aromatic N) is 3. The van der Waals surface area contributed by atoms with E-state index in [1.54, 1.807) is 38.1 Å². The van der Waals surface area contributed by atoms with Crippen LogP contribution in [0.2, 0.25) is 0 Å². The van der Waals surface area contributed by atoms with Crippen LogP contribution in [0.1, 0.15) is 62.9 Å². The molecule has 0 aliphatic carbocycles. The van der Waals surface area contributed by atoms with Gasteiger partial charge in [-0.05, 0) is 44.9 Å². The largest absolute Gasteiger partial charge is 0.481 e. The number of aliphatic imine (C=N–C) groups is 2. The van der Waals surface area contributed by atoms with Crippen molar-refractivity contribution in [2.24, 2.45) is 9.98 Å². The summed E-state index contributed by atoms with van der Waals surface area (Å²) in [7, 11) is 1.49. The van der Waals surface area contributed by atoms with Crippen LogP contribution in [0.15, 0.2) is 57.9 Å². The second-order valence-electron chi connectivity index (χ2n) is 7.65. The maximum Gasteiger partial charge on any atom is 0.413 e. The first-order valence-corrected chi connectivity index (χ1v) is 10.7. The van der Waals surface area contributed by atoms with Crippen molar-refractivity contribution in [2.45, 2.75) is 53.1 Å². The van der Waals surface area contributed by atoms with Crippen LogP contribution in [-0.2, 0) is 4.79 Å². The van der Waals surface area contributed by atoms with E-state index in [4.69, 9.17) is 5.11 Å². The van der Waals surface area contributed by atoms with Gasteiger partial charge in [-0.2, -0.15) is 13.2 Å². The van der Waals surface area contributed by atoms with Crippen molar-refractivity contribution in [1.82, 2.24) is 10.2 Å². The molecule has 1 aromatic carbocycles. The number of rotatable bonds is 10. The molecule has 1 rings (SSSR count). The van der Waals surface area contributed by atoms with E-state index in [1.807, 2.05) is 6.92 Å². The summed E-state index contributed by atoms with van der Waals surface area (Å²) in [5, 5.41) is 11.2. The van der Waals surface area contributed by atoms with Gasteiger partial charge in [0.15, 0.2) is 0 Å². The third-order valence-electron chi connectivity index (χ3n) is 4.69. The lowest BCUT2D eigenvalue weighted by molar-refractivity contribution is -0.136. The first-order chi connectivity index (χ1) is 15.8. The van der Waals surface area contributed by atoms with Gasteiger partial charge in [-0.1, -0.05) is 25.5 Å². The molecule has 0 radical (unpaired) electrons. The summed E-state index contributed by atoms with van der Waals surface area (Å²) in [6.45, 7) is 6.39. The average Bonchev–Trinajstić information content (AvgIpc) is 2.76. The van der Waals surface area contributed by atoms with Crippen LogP contribution < -0.4 is 5.32 Å². The number of allylic oxidation sites excluding steroid dienone is 2. The molecule has 0 fully saturated rings. The standard InChI is InChI=1S/C24H31F3N4O3/c1-6-7-21(19-8-10-20(11-9-19)23(34)28-13-12-22(32)33)30-17(3)14-29-18(4)31(5)15-16(2)24(25,26)27/h8-11,14-15H,6-7,12-13H2,1-5H3,(H,28,34)(H,32,33)/b16-15?,17-14+,29-18?,30-21?. The molecule has 1 amide bonds. The first kappa shape index (κ1) is 28.6. The molecule has 0 aliphatic heterocycles. The molecule has 7 nitrogen and oxygen atoms in total. The number of hydrogen-bond donors (Lipinski definition) is 2. The van der Waals surface area contributed by atoms with Gasteiger partial charge in [0.05, 0.1) is 18.3 Å². The van der Waals surface area contributed by atoms with Crippen LogP contribution in [0.3, 0.4) is 0 Å². The number of aliphatic carboxylic acids is 1. The van der Waals surface area contributed by atoms with Gasteiger partial charge in [-0.3, -0.25) is 14.6 Å². The molecule has 0 heterocycles. The fourth-order valence-corrected chi connectivity index (χ4v) is 2.68. The van der Waals surface area contributed by atoms with E-state index in [-0.39, 0.29) is 18.9 Å². The number of carboxylic acid groups (broad SMARTS) is 1. The summed E-state index contributed by atoms with van der Waals surface area (Å²) >= 11 is 0. The molecule has 0 unspecified atom stereocenters. The van der Waals surface area contributed by atoms with Crippen LogP contribution in [0.5, 0.6) is 0 Å². The first-order valence-electron chi connectivity index (χ1n) is 10.7. The molecule has 186 valence electrons. The van der Waals surface area contributed by atoms with Crippen molar-refractivity contribution >= 4 is 23.4 Å². The van der Waals surface area contributed by atoms with Crippen molar-refractivity contribution in [3.8, 4) is 0 Å². The van der Waals surface area contributed by atoms with Gasteiger partial charge in [0, 0.05) is 36.6 Å². The third-order valence-corrected chi connectivity index (χ3v) is 4.69. The van der Waals surface area contributed by atoms with E-state index in [0.29, 0.717) is 23.5 Å². The predicted molar refractivity (Wildman–Crippen MR) is 127 cm³/mol. The second kappa shape index (κ2) is 13.3. The predicted octanol–water partition coefficient (Wildman–Crippen LogP) is 5.16. The van der Waals surface area contributed by atoms with Gasteiger partial charge in [-0.15, -0.1) is 0 Å². The molecule has 0 aliphatic rings. The summed E-state index contributed by atoms with van der Waals surface area (Å²) < 4.78 is 38.1. The van der Waals surface area contributed by atoms with Gasteiger partial charge >= 0.3 is 12.1 Å². The number of benzene rings is 1. The summed E-state index contributed by atoms with van der Waals surface area (Å²) in [6.07, 6.45) is -0.579. The van der Waals surface area contributed by atoms with Crippen LogP contribution in [-0.4, -0.2) is 53.2 Å². The maximum atomic E-state index is 12.7. The quantitative estimate of drug-likeness (QED) is 0.357. The van der Waals surface area contributed by atoms with Crippen molar-refractivity contribution < 1.29 is 27.9 Å². The molecule has 2 N–H and O–H groups in total. The minimum absolute atomic E-state index is 0.0448. The Bertz CT molecular complexity index is 978. The molecule has 0 spiro atoms. The molecular weight excluding hydrogens is 449 g/mol. The lowest BCUT2D eigenvalue weighted by atomic mass is 10.0. The van der Waals surface area contributed by atoms with Crippen molar-refractivity contribution in [1.29, 1.82) is 0 Å². The average molecular weight is 481 g/mol. The van der Waals surface area contributed by atoms with Crippen molar-refractivity contribution in [3.63, 3.8) is 0 Å². The van der Waals surface area contributed by atoms with Crippen LogP contribution in [0, 0.1) is 0 Å². The summed E-state index contributed by atoms with van der Waals surface area (Å²) in [4.78, 5) is 32.8. The van der Waals surface area contributed by atoms with E-state index in [0.717, 1.165) is 30.8 Å². The molecule has 0 aromatic heterocycles. The highest BCUT2D eigenvalue weighted by molar-refractivity contribution is 6.02. The zero-order valence-electron chi connectivity index (χ0n) is 20.0. The molecule has 1 aromatic rings. The van der Waals surface area contributed by atoms with Gasteiger partial charge < -0.3 is 15.3 Å². The fourth-order valence-electron chi connectivity index (χ4n) is 2.68. The van der Waals surface area contributed by atoms with Crippen molar-refractivity contribution in [2.75, 3.05) is 13.6 Å². The van der Waals surface area contributed by atoms with Crippen LogP contribution >= 0.6 is 0 Å². The van der Waals surface area contributed by atoms with Crippen LogP contribution in [0.4, 0.5) is 13.2 Å². The SMILES string of the molecule is CCCC(=N/C(C)=C/N=C(C)N(C)C=C(C)C(F)(F)F)c1ccc(C(=O)NCCC(=O)O)cc1. The van der Waals surface area contributed by atoms with E-state index in [1.165, 1.54) is 18.1 Å². The summed E-state index contributed by atoms with van der Waals surface area (Å²) in [5.41, 5.74) is 1.85. The normalized spacial score (nSPS) is 13.6. The highest BCUT2D eigenvalue weighted by atomic mass is 19.4. The van der Waals surface area contributed by atoms with E-state index < -0.39 is 17.7 Å². The molecule has 0 atom stereocenters. The van der Waals surface area contributed by atoms with E-state index >= 15 is 0 Å². The number of hydrogen-bond acceptors (Lipinski definition) is 4. The number of carbonyl (C=O) groups is 2. The smallest absolute Gasteiger partial charge is 0.413 e. The van der Waals surface area contributed by atoms with Gasteiger partial charge in [0.1, 0.15) is 5.84 Å². The molecule has 34 heavy (non-hydrogen) atoms. The van der Waals surface area contributed by atoms with Gasteiger partial charge in [-0.25, -0.2) is 4.99 Å². The van der Waals surface area contributed by atoms with Crippen LogP contribution in [0.25, 0.3) is 0 Å². The second-order valence-corrected chi connectivity index (χ2v) is 7.65. The Morgan fingerprint density at radius 3 is 2.21 bits per heavy atom. The minimum atomic E-state index is -4.39. The highest BCUT2D eigenvalue weighted by Crippen LogP contribution is 2.25. The van der Waals surface area contributed by atoms with Gasteiger partial charge in [0.25, 0.3) is 5.91 Å². The highest BCUT2D eigenvalue weighted by Gasteiger charge is 2.30.